The van der Waals surface area contributed by atoms with Crippen LogP contribution in [0.3, 0.4) is 0 Å². The Morgan fingerprint density at radius 3 is 1.55 bits per heavy atom. The van der Waals surface area contributed by atoms with Gasteiger partial charge in [0.2, 0.25) is 0 Å². The summed E-state index contributed by atoms with van der Waals surface area (Å²) in [5.74, 6) is 0.725. The van der Waals surface area contributed by atoms with Gasteiger partial charge in [0.25, 0.3) is 0 Å². The third-order valence-electron chi connectivity index (χ3n) is 8.54. The summed E-state index contributed by atoms with van der Waals surface area (Å²) in [4.78, 5) is 33.4. The molecule has 0 fully saturated rings. The molecule has 6 aromatic rings. The van der Waals surface area contributed by atoms with Crippen molar-refractivity contribution in [2.75, 3.05) is 0 Å². The molecule has 0 bridgehead atoms. The number of hydrogen-bond donors (Lipinski definition) is 4. The van der Waals surface area contributed by atoms with Gasteiger partial charge in [-0.15, -0.1) is 23.5 Å². The van der Waals surface area contributed by atoms with Crippen LogP contribution >= 0.6 is 23.5 Å². The molecular weight excluding hydrogens is 745 g/mol. The van der Waals surface area contributed by atoms with E-state index in [0.29, 0.717) is 40.0 Å². The van der Waals surface area contributed by atoms with Crippen molar-refractivity contribution in [1.29, 1.82) is 0 Å². The van der Waals surface area contributed by atoms with Gasteiger partial charge in [-0.1, -0.05) is 97.4 Å². The Bertz CT molecular complexity index is 2190. The first kappa shape index (κ1) is 43.8. The SMILES string of the molecule is C.Cc1ccc(CC(=O)c2ccc(SCc3cc(C)ccc3B(O)O)nc2)cc1.O=C(Cc1ccc(F)cc1)c1ccc(SCc2ccccc2B(O)O)nc1. The van der Waals surface area contributed by atoms with Crippen LogP contribution in [0.25, 0.3) is 0 Å². The number of aryl methyl sites for hydroxylation is 2. The van der Waals surface area contributed by atoms with Crippen molar-refractivity contribution in [2.45, 2.75) is 55.7 Å². The largest absolute Gasteiger partial charge is 0.488 e. The summed E-state index contributed by atoms with van der Waals surface area (Å²) in [6.45, 7) is 3.99. The molecule has 0 saturated carbocycles. The lowest BCUT2D eigenvalue weighted by atomic mass is 9.77. The molecule has 2 aromatic heterocycles. The Balaban J connectivity index is 0.000000244. The smallest absolute Gasteiger partial charge is 0.423 e. The summed E-state index contributed by atoms with van der Waals surface area (Å²) in [5.41, 5.74) is 7.70. The number of rotatable bonds is 14. The maximum Gasteiger partial charge on any atom is 0.488 e. The third-order valence-corrected chi connectivity index (χ3v) is 10.5. The Kier molecular flexibility index (Phi) is 16.8. The highest BCUT2D eigenvalue weighted by atomic mass is 32.2. The molecule has 0 aliphatic rings. The zero-order valence-corrected chi connectivity index (χ0v) is 31.9. The predicted molar refractivity (Wildman–Crippen MR) is 225 cm³/mol. The predicted octanol–water partition coefficient (Wildman–Crippen LogP) is 6.35. The molecule has 0 radical (unpaired) electrons. The van der Waals surface area contributed by atoms with E-state index in [-0.39, 0.29) is 31.2 Å². The minimum absolute atomic E-state index is 0. The molecule has 0 saturated heterocycles. The minimum atomic E-state index is -1.51. The number of carbonyl (C=O) groups excluding carboxylic acids is 2. The Labute approximate surface area is 336 Å². The number of aromatic nitrogens is 2. The summed E-state index contributed by atoms with van der Waals surface area (Å²) >= 11 is 2.94. The van der Waals surface area contributed by atoms with Crippen molar-refractivity contribution in [3.8, 4) is 0 Å². The number of benzene rings is 4. The van der Waals surface area contributed by atoms with Crippen molar-refractivity contribution < 1.29 is 34.1 Å². The summed E-state index contributed by atoms with van der Waals surface area (Å²) < 4.78 is 12.9. The van der Waals surface area contributed by atoms with Crippen LogP contribution in [-0.4, -0.2) is 55.9 Å². The highest BCUT2D eigenvalue weighted by Gasteiger charge is 2.17. The van der Waals surface area contributed by atoms with Gasteiger partial charge in [0.15, 0.2) is 11.6 Å². The highest BCUT2D eigenvalue weighted by molar-refractivity contribution is 7.98. The number of Topliss-reactive ketones (excluding diaryl/α,β-unsaturated/α-hetero) is 2. The zero-order valence-electron chi connectivity index (χ0n) is 30.3. The first-order valence-electron chi connectivity index (χ1n) is 17.4. The number of thioether (sulfide) groups is 2. The van der Waals surface area contributed by atoms with E-state index in [1.165, 1.54) is 47.4 Å². The molecule has 8 nitrogen and oxygen atoms in total. The lowest BCUT2D eigenvalue weighted by molar-refractivity contribution is 0.0984. The molecule has 0 atom stereocenters. The molecule has 13 heteroatoms. The highest BCUT2D eigenvalue weighted by Crippen LogP contribution is 2.23. The molecule has 0 amide bonds. The van der Waals surface area contributed by atoms with Crippen LogP contribution in [0.2, 0.25) is 0 Å². The van der Waals surface area contributed by atoms with Crippen LogP contribution in [-0.2, 0) is 24.3 Å². The summed E-state index contributed by atoms with van der Waals surface area (Å²) in [6, 6.07) is 33.6. The van der Waals surface area contributed by atoms with Crippen LogP contribution in [0, 0.1) is 19.7 Å². The van der Waals surface area contributed by atoms with Gasteiger partial charge in [0.1, 0.15) is 5.82 Å². The second-order valence-corrected chi connectivity index (χ2v) is 14.8. The average molecular weight is 789 g/mol. The normalized spacial score (nSPS) is 10.5. The fraction of sp³-hybridized carbons (Fsp3) is 0.163. The first-order chi connectivity index (χ1) is 26.4. The van der Waals surface area contributed by atoms with E-state index < -0.39 is 14.2 Å². The van der Waals surface area contributed by atoms with E-state index >= 15 is 0 Å². The van der Waals surface area contributed by atoms with Gasteiger partial charge in [-0.2, -0.15) is 0 Å². The van der Waals surface area contributed by atoms with Gasteiger partial charge >= 0.3 is 14.2 Å². The molecule has 2 heterocycles. The first-order valence-corrected chi connectivity index (χ1v) is 19.4. The van der Waals surface area contributed by atoms with Gasteiger partial charge in [-0.3, -0.25) is 9.59 Å². The summed E-state index contributed by atoms with van der Waals surface area (Å²) in [6.07, 6.45) is 3.68. The second-order valence-electron chi connectivity index (χ2n) is 12.8. The van der Waals surface area contributed by atoms with Crippen LogP contribution in [0.15, 0.2) is 138 Å². The fourth-order valence-corrected chi connectivity index (χ4v) is 7.18. The topological polar surface area (TPSA) is 141 Å². The van der Waals surface area contributed by atoms with Crippen LogP contribution in [0.4, 0.5) is 4.39 Å². The molecule has 0 aliphatic carbocycles. The molecule has 4 aromatic carbocycles. The summed E-state index contributed by atoms with van der Waals surface area (Å²) in [7, 11) is -3.01. The number of pyridine rings is 2. The number of halogens is 1. The van der Waals surface area contributed by atoms with Crippen molar-refractivity contribution in [3.05, 3.63) is 178 Å². The summed E-state index contributed by atoms with van der Waals surface area (Å²) in [5, 5.41) is 39.4. The lowest BCUT2D eigenvalue weighted by Crippen LogP contribution is -2.32. The maximum atomic E-state index is 12.9. The lowest BCUT2D eigenvalue weighted by Gasteiger charge is -2.10. The zero-order chi connectivity index (χ0) is 39.3. The maximum absolute atomic E-state index is 12.9. The monoisotopic (exact) mass is 788 g/mol. The standard InChI is InChI=1S/C22H22BNO3S.C20H17BFNO3S.CH4/c1-15-3-6-17(7-4-15)12-21(25)18-8-10-22(24-13-18)28-14-19-11-16(2)5-9-20(19)23(26)27;22-17-8-5-14(6-9-17)11-19(24)15-7-10-20(23-12-15)27-13-16-3-1-2-4-18(16)21(25)26;/h3-11,13,26-27H,12,14H2,1-2H3;1-10,12,25-26H,11,13H2;1H4. The van der Waals surface area contributed by atoms with Crippen LogP contribution in [0.5, 0.6) is 0 Å². The Morgan fingerprint density at radius 2 is 1.05 bits per heavy atom. The van der Waals surface area contributed by atoms with Gasteiger partial charge < -0.3 is 20.1 Å². The molecule has 286 valence electrons. The van der Waals surface area contributed by atoms with Crippen molar-refractivity contribution in [3.63, 3.8) is 0 Å². The van der Waals surface area contributed by atoms with E-state index in [9.17, 15) is 34.1 Å². The van der Waals surface area contributed by atoms with E-state index in [1.54, 1.807) is 54.7 Å². The van der Waals surface area contributed by atoms with Crippen LogP contribution in [0.1, 0.15) is 61.5 Å². The number of nitrogens with zero attached hydrogens (tertiary/aromatic N) is 2. The van der Waals surface area contributed by atoms with E-state index in [4.69, 9.17) is 0 Å². The molecule has 0 spiro atoms. The average Bonchev–Trinajstić information content (AvgIpc) is 3.18. The fourth-order valence-electron chi connectivity index (χ4n) is 5.48. The second kappa shape index (κ2) is 21.4. The van der Waals surface area contributed by atoms with E-state index in [2.05, 4.69) is 9.97 Å². The third kappa shape index (κ3) is 13.1. The quantitative estimate of drug-likeness (QED) is 0.0561. The molecular formula is C43H43B2FN2O6S2. The number of ketones is 2. The van der Waals surface area contributed by atoms with E-state index in [0.717, 1.165) is 37.9 Å². The van der Waals surface area contributed by atoms with E-state index in [1.807, 2.05) is 68.4 Å². The van der Waals surface area contributed by atoms with Gasteiger partial charge in [0, 0.05) is 47.9 Å². The minimum Gasteiger partial charge on any atom is -0.423 e. The Morgan fingerprint density at radius 1 is 0.589 bits per heavy atom. The van der Waals surface area contributed by atoms with Gasteiger partial charge in [-0.05, 0) is 83.4 Å². The molecule has 6 rings (SSSR count). The van der Waals surface area contributed by atoms with Crippen LogP contribution < -0.4 is 10.9 Å². The Hall–Kier alpha value is -4.88. The number of hydrogen-bond acceptors (Lipinski definition) is 10. The van der Waals surface area contributed by atoms with Crippen molar-refractivity contribution >= 4 is 60.3 Å². The molecule has 0 unspecified atom stereocenters. The van der Waals surface area contributed by atoms with Gasteiger partial charge in [0.05, 0.1) is 10.1 Å². The van der Waals surface area contributed by atoms with Gasteiger partial charge in [-0.25, -0.2) is 14.4 Å². The molecule has 4 N–H and O–H groups in total. The molecule has 56 heavy (non-hydrogen) atoms. The van der Waals surface area contributed by atoms with Crippen molar-refractivity contribution in [1.82, 2.24) is 9.97 Å². The number of carbonyl (C=O) groups is 2. The molecule has 0 aliphatic heterocycles. The van der Waals surface area contributed by atoms with Crippen molar-refractivity contribution in [2.24, 2.45) is 0 Å².